The molecule has 2 N–H and O–H groups in total. The number of hydrogen-bond acceptors (Lipinski definition) is 6. The number of benzene rings is 3. The van der Waals surface area contributed by atoms with Crippen LogP contribution in [0.1, 0.15) is 22.6 Å². The van der Waals surface area contributed by atoms with Gasteiger partial charge in [0.25, 0.3) is 0 Å². The number of allylic oxidation sites excluding steroid dienone is 1. The summed E-state index contributed by atoms with van der Waals surface area (Å²) in [7, 11) is 0. The first-order valence-corrected chi connectivity index (χ1v) is 10.3. The van der Waals surface area contributed by atoms with E-state index < -0.39 is 17.7 Å². The summed E-state index contributed by atoms with van der Waals surface area (Å²) < 4.78 is 30.3. The van der Waals surface area contributed by atoms with Gasteiger partial charge in [-0.25, -0.2) is 9.18 Å². The monoisotopic (exact) mass is 464 g/mol. The molecule has 0 saturated heterocycles. The Morgan fingerprint density at radius 2 is 2.03 bits per heavy atom. The van der Waals surface area contributed by atoms with Crippen molar-refractivity contribution in [1.29, 1.82) is 5.26 Å². The Balaban J connectivity index is 1.54. The lowest BCUT2D eigenvalue weighted by atomic mass is 9.83. The third kappa shape index (κ3) is 4.76. The Labute approximate surface area is 194 Å². The van der Waals surface area contributed by atoms with Crippen molar-refractivity contribution < 1.29 is 23.4 Å². The van der Waals surface area contributed by atoms with Gasteiger partial charge in [0.05, 0.1) is 5.92 Å². The number of hydrogen-bond donors (Lipinski definition) is 1. The van der Waals surface area contributed by atoms with Crippen molar-refractivity contribution in [2.45, 2.75) is 12.8 Å². The summed E-state index contributed by atoms with van der Waals surface area (Å²) >= 11 is 5.92. The Morgan fingerprint density at radius 3 is 2.76 bits per heavy atom. The maximum Gasteiger partial charge on any atom is 0.349 e. The second-order valence-electron chi connectivity index (χ2n) is 7.35. The van der Waals surface area contributed by atoms with E-state index in [-0.39, 0.29) is 23.8 Å². The topological polar surface area (TPSA) is 94.6 Å². The molecule has 0 fully saturated rings. The highest BCUT2D eigenvalue weighted by Gasteiger charge is 2.31. The zero-order valence-corrected chi connectivity index (χ0v) is 18.2. The molecule has 1 heterocycles. The highest BCUT2D eigenvalue weighted by Crippen LogP contribution is 2.43. The van der Waals surface area contributed by atoms with Gasteiger partial charge in [0.1, 0.15) is 34.7 Å². The molecule has 6 nitrogen and oxygen atoms in total. The molecule has 0 bridgehead atoms. The molecule has 33 heavy (non-hydrogen) atoms. The molecule has 1 atom stereocenters. The van der Waals surface area contributed by atoms with Crippen molar-refractivity contribution >= 4 is 17.6 Å². The third-order valence-corrected chi connectivity index (χ3v) is 5.32. The number of carbonyl (C=O) groups excluding carboxylic acids is 1. The smallest absolute Gasteiger partial charge is 0.349 e. The van der Waals surface area contributed by atoms with E-state index in [1.54, 1.807) is 42.5 Å². The summed E-state index contributed by atoms with van der Waals surface area (Å²) in [6.07, 6.45) is 0. The van der Waals surface area contributed by atoms with Crippen molar-refractivity contribution in [1.82, 2.24) is 0 Å². The maximum atomic E-state index is 13.8. The first-order chi connectivity index (χ1) is 15.9. The minimum absolute atomic E-state index is 0.0933. The van der Waals surface area contributed by atoms with Crippen molar-refractivity contribution in [2.75, 3.05) is 6.61 Å². The minimum atomic E-state index is -0.622. The molecule has 0 aromatic heterocycles. The summed E-state index contributed by atoms with van der Waals surface area (Å²) in [5.74, 6) is -0.729. The van der Waals surface area contributed by atoms with Gasteiger partial charge in [-0.2, -0.15) is 5.26 Å². The van der Waals surface area contributed by atoms with E-state index in [4.69, 9.17) is 31.5 Å². The molecule has 8 heteroatoms. The molecule has 1 unspecified atom stereocenters. The molecule has 1 aliphatic rings. The zero-order valence-electron chi connectivity index (χ0n) is 17.5. The van der Waals surface area contributed by atoms with Crippen molar-refractivity contribution in [3.63, 3.8) is 0 Å². The average molecular weight is 465 g/mol. The number of esters is 1. The van der Waals surface area contributed by atoms with Gasteiger partial charge < -0.3 is 19.9 Å². The van der Waals surface area contributed by atoms with Crippen molar-refractivity contribution in [3.05, 3.63) is 99.7 Å². The Kier molecular flexibility index (Phi) is 6.20. The number of ether oxygens (including phenoxy) is 3. The Bertz CT molecular complexity index is 1320. The van der Waals surface area contributed by atoms with Crippen LogP contribution >= 0.6 is 11.6 Å². The molecule has 0 radical (unpaired) electrons. The molecule has 166 valence electrons. The van der Waals surface area contributed by atoms with Crippen LogP contribution in [0.2, 0.25) is 5.02 Å². The largest absolute Gasteiger partial charge is 0.482 e. The fourth-order valence-electron chi connectivity index (χ4n) is 3.60. The van der Waals surface area contributed by atoms with E-state index >= 15 is 0 Å². The first-order valence-electron chi connectivity index (χ1n) is 9.92. The number of aryl methyl sites for hydroxylation is 1. The SMILES string of the molecule is Cc1cc(Cl)ccc1OCC(=O)Oc1ccc2c(c1)OC(N)=C(C#N)C2c1cccc(F)c1. The third-order valence-electron chi connectivity index (χ3n) is 5.09. The summed E-state index contributed by atoms with van der Waals surface area (Å²) in [5, 5.41) is 10.2. The van der Waals surface area contributed by atoms with Crippen LogP contribution in [0.4, 0.5) is 4.39 Å². The number of carbonyl (C=O) groups is 1. The lowest BCUT2D eigenvalue weighted by Crippen LogP contribution is -2.22. The molecule has 0 amide bonds. The van der Waals surface area contributed by atoms with E-state index in [2.05, 4.69) is 0 Å². The minimum Gasteiger partial charge on any atom is -0.482 e. The lowest BCUT2D eigenvalue weighted by Gasteiger charge is -2.26. The van der Waals surface area contributed by atoms with Crippen LogP contribution in [0.25, 0.3) is 0 Å². The fraction of sp³-hybridized carbons (Fsp3) is 0.120. The van der Waals surface area contributed by atoms with Crippen LogP contribution < -0.4 is 19.9 Å². The van der Waals surface area contributed by atoms with Crippen LogP contribution in [0, 0.1) is 24.1 Å². The molecule has 0 spiro atoms. The lowest BCUT2D eigenvalue weighted by molar-refractivity contribution is -0.136. The van der Waals surface area contributed by atoms with Crippen LogP contribution in [-0.2, 0) is 4.79 Å². The average Bonchev–Trinajstić information content (AvgIpc) is 2.77. The van der Waals surface area contributed by atoms with Crippen LogP contribution in [0.5, 0.6) is 17.2 Å². The first kappa shape index (κ1) is 22.2. The molecule has 0 aliphatic carbocycles. The molecule has 3 aromatic rings. The van der Waals surface area contributed by atoms with E-state index in [0.29, 0.717) is 27.6 Å². The summed E-state index contributed by atoms with van der Waals surface area (Å²) in [4.78, 5) is 12.3. The number of fused-ring (bicyclic) bond motifs is 1. The number of rotatable bonds is 5. The van der Waals surface area contributed by atoms with Gasteiger partial charge in [0, 0.05) is 16.7 Å². The van der Waals surface area contributed by atoms with Gasteiger partial charge in [-0.3, -0.25) is 0 Å². The van der Waals surface area contributed by atoms with E-state index in [9.17, 15) is 14.4 Å². The van der Waals surface area contributed by atoms with E-state index in [1.165, 1.54) is 18.2 Å². The summed E-state index contributed by atoms with van der Waals surface area (Å²) in [6.45, 7) is 1.50. The standard InChI is InChI=1S/C25H18ClFN2O4/c1-14-9-16(26)5-8-21(14)31-13-23(30)32-18-6-7-19-22(11-18)33-25(29)20(12-28)24(19)15-3-2-4-17(27)10-15/h2-11,24H,13,29H2,1H3. The normalized spacial score (nSPS) is 14.7. The maximum absolute atomic E-state index is 13.8. The zero-order chi connectivity index (χ0) is 23.5. The second-order valence-corrected chi connectivity index (χ2v) is 7.79. The van der Waals surface area contributed by atoms with Gasteiger partial charge in [0.2, 0.25) is 5.88 Å². The second kappa shape index (κ2) is 9.23. The molecule has 3 aromatic carbocycles. The van der Waals surface area contributed by atoms with E-state index in [1.807, 2.05) is 13.0 Å². The van der Waals surface area contributed by atoms with Crippen LogP contribution in [0.15, 0.2) is 72.1 Å². The predicted molar refractivity (Wildman–Crippen MR) is 119 cm³/mol. The number of nitrogens with zero attached hydrogens (tertiary/aromatic N) is 1. The Morgan fingerprint density at radius 1 is 1.21 bits per heavy atom. The molecule has 0 saturated carbocycles. The van der Waals surface area contributed by atoms with E-state index in [0.717, 1.165) is 5.56 Å². The van der Waals surface area contributed by atoms with Gasteiger partial charge in [0.15, 0.2) is 6.61 Å². The molecule has 1 aliphatic heterocycles. The molecule has 4 rings (SSSR count). The highest BCUT2D eigenvalue weighted by atomic mass is 35.5. The quantitative estimate of drug-likeness (QED) is 0.422. The predicted octanol–water partition coefficient (Wildman–Crippen LogP) is 4.99. The van der Waals surface area contributed by atoms with Crippen molar-refractivity contribution in [3.8, 4) is 23.3 Å². The number of halogens is 2. The van der Waals surface area contributed by atoms with Gasteiger partial charge in [-0.1, -0.05) is 29.8 Å². The number of nitriles is 1. The summed E-state index contributed by atoms with van der Waals surface area (Å²) in [5.41, 5.74) is 8.07. The number of nitrogens with two attached hydrogens (primary N) is 1. The summed E-state index contributed by atoms with van der Waals surface area (Å²) in [6, 6.07) is 17.8. The molecular weight excluding hydrogens is 447 g/mol. The fourth-order valence-corrected chi connectivity index (χ4v) is 3.83. The van der Waals surface area contributed by atoms with Gasteiger partial charge >= 0.3 is 5.97 Å². The van der Waals surface area contributed by atoms with Crippen LogP contribution in [-0.4, -0.2) is 12.6 Å². The highest BCUT2D eigenvalue weighted by molar-refractivity contribution is 6.30. The van der Waals surface area contributed by atoms with Crippen LogP contribution in [0.3, 0.4) is 0 Å². The molecular formula is C25H18ClFN2O4. The van der Waals surface area contributed by atoms with Gasteiger partial charge in [-0.15, -0.1) is 0 Å². The van der Waals surface area contributed by atoms with Crippen molar-refractivity contribution in [2.24, 2.45) is 5.73 Å². The Hall–Kier alpha value is -4.02. The van der Waals surface area contributed by atoms with Gasteiger partial charge in [-0.05, 0) is 54.4 Å².